The third-order valence-electron chi connectivity index (χ3n) is 4.03. The van der Waals surface area contributed by atoms with E-state index < -0.39 is 42.3 Å². The number of benzene rings is 1. The number of aliphatic hydroxyl groups is 1. The van der Waals surface area contributed by atoms with Gasteiger partial charge in [0.05, 0.1) is 18.5 Å². The summed E-state index contributed by atoms with van der Waals surface area (Å²) in [6.07, 6.45) is 0.349. The quantitative estimate of drug-likeness (QED) is 0.716. The second kappa shape index (κ2) is 6.84. The van der Waals surface area contributed by atoms with E-state index in [0.29, 0.717) is 0 Å². The van der Waals surface area contributed by atoms with Gasteiger partial charge in [0.25, 0.3) is 0 Å². The predicted molar refractivity (Wildman–Crippen MR) is 84.0 cm³/mol. The fourth-order valence-electron chi connectivity index (χ4n) is 3.06. The number of carboxylic acids is 2. The Labute approximate surface area is 138 Å². The maximum absolute atomic E-state index is 12.3. The predicted octanol–water partition coefficient (Wildman–Crippen LogP) is 1.02. The summed E-state index contributed by atoms with van der Waals surface area (Å²) in [6.45, 7) is 1.54. The van der Waals surface area contributed by atoms with Crippen molar-refractivity contribution in [3.05, 3.63) is 47.7 Å². The Hall–Kier alpha value is -2.67. The number of carbonyl (C=O) groups excluding carboxylic acids is 1. The van der Waals surface area contributed by atoms with Crippen molar-refractivity contribution in [1.82, 2.24) is 4.90 Å². The summed E-state index contributed by atoms with van der Waals surface area (Å²) in [7, 11) is 0. The maximum Gasteiger partial charge on any atom is 0.327 e. The zero-order valence-corrected chi connectivity index (χ0v) is 13.2. The minimum absolute atomic E-state index is 0.0261. The molecule has 0 bridgehead atoms. The molecule has 2 atom stereocenters. The zero-order valence-electron chi connectivity index (χ0n) is 13.2. The van der Waals surface area contributed by atoms with Crippen molar-refractivity contribution in [2.75, 3.05) is 0 Å². The average molecular weight is 333 g/mol. The number of aliphatic carboxylic acids is 2. The molecule has 0 spiro atoms. The molecule has 1 amide bonds. The lowest BCUT2D eigenvalue weighted by atomic mass is 9.94. The number of nitrogens with zero attached hydrogens (tertiary/aromatic N) is 1. The highest BCUT2D eigenvalue weighted by molar-refractivity contribution is 5.90. The number of likely N-dealkylation sites (tertiary alicyclic amines) is 1. The molecule has 1 aliphatic rings. The number of amides is 1. The lowest BCUT2D eigenvalue weighted by Crippen LogP contribution is -2.44. The van der Waals surface area contributed by atoms with Crippen molar-refractivity contribution >= 4 is 17.8 Å². The van der Waals surface area contributed by atoms with Crippen LogP contribution in [0.4, 0.5) is 0 Å². The van der Waals surface area contributed by atoms with Crippen LogP contribution in [0.1, 0.15) is 25.3 Å². The number of hydrogen-bond donors (Lipinski definition) is 3. The van der Waals surface area contributed by atoms with Crippen molar-refractivity contribution in [2.24, 2.45) is 0 Å². The molecule has 128 valence electrons. The standard InChI is InChI=1S/C17H19NO6/c1-2-13-17(24,10-15(20)21)9-14(19)18(13)12(16(22)23)8-11-6-4-3-5-7-11/h2-7,12,24H,8-10H2,1H3,(H,20,21)(H,22,23)/b13-2+. The third-order valence-corrected chi connectivity index (χ3v) is 4.03. The second-order valence-electron chi connectivity index (χ2n) is 5.76. The van der Waals surface area contributed by atoms with Crippen molar-refractivity contribution in [2.45, 2.75) is 37.8 Å². The van der Waals surface area contributed by atoms with Crippen LogP contribution in [0.3, 0.4) is 0 Å². The molecule has 7 nitrogen and oxygen atoms in total. The molecule has 1 fully saturated rings. The molecule has 7 heteroatoms. The van der Waals surface area contributed by atoms with Crippen LogP contribution in [-0.2, 0) is 20.8 Å². The van der Waals surface area contributed by atoms with E-state index in [-0.39, 0.29) is 12.1 Å². The molecule has 0 aliphatic carbocycles. The van der Waals surface area contributed by atoms with Gasteiger partial charge >= 0.3 is 11.9 Å². The monoisotopic (exact) mass is 333 g/mol. The van der Waals surface area contributed by atoms with Gasteiger partial charge in [-0.3, -0.25) is 14.5 Å². The first-order valence-electron chi connectivity index (χ1n) is 7.48. The molecule has 1 saturated heterocycles. The van der Waals surface area contributed by atoms with Gasteiger partial charge in [-0.25, -0.2) is 4.79 Å². The minimum atomic E-state index is -1.89. The zero-order chi connectivity index (χ0) is 17.9. The molecule has 1 aromatic rings. The van der Waals surface area contributed by atoms with E-state index in [1.807, 2.05) is 0 Å². The van der Waals surface area contributed by atoms with Crippen LogP contribution in [0.25, 0.3) is 0 Å². The Balaban J connectivity index is 2.37. The van der Waals surface area contributed by atoms with Crippen molar-refractivity contribution in [1.29, 1.82) is 0 Å². The second-order valence-corrected chi connectivity index (χ2v) is 5.76. The summed E-state index contributed by atoms with van der Waals surface area (Å²) in [6, 6.07) is 7.59. The Morgan fingerprint density at radius 2 is 1.92 bits per heavy atom. The van der Waals surface area contributed by atoms with Crippen LogP contribution in [-0.4, -0.2) is 49.7 Å². The topological polar surface area (TPSA) is 115 Å². The molecule has 3 N–H and O–H groups in total. The Kier molecular flexibility index (Phi) is 5.04. The molecule has 0 saturated carbocycles. The van der Waals surface area contributed by atoms with Gasteiger partial charge in [0, 0.05) is 6.42 Å². The first-order valence-corrected chi connectivity index (χ1v) is 7.48. The molecular formula is C17H19NO6. The number of allylic oxidation sites excluding steroid dienone is 1. The fraction of sp³-hybridized carbons (Fsp3) is 0.353. The highest BCUT2D eigenvalue weighted by Crippen LogP contribution is 2.38. The van der Waals surface area contributed by atoms with Crippen LogP contribution in [0.15, 0.2) is 42.1 Å². The Morgan fingerprint density at radius 1 is 1.29 bits per heavy atom. The van der Waals surface area contributed by atoms with E-state index in [1.54, 1.807) is 30.3 Å². The summed E-state index contributed by atoms with van der Waals surface area (Å²) < 4.78 is 0. The number of hydrogen-bond acceptors (Lipinski definition) is 4. The van der Waals surface area contributed by atoms with Crippen molar-refractivity contribution in [3.63, 3.8) is 0 Å². The Bertz CT molecular complexity index is 684. The van der Waals surface area contributed by atoms with Gasteiger partial charge in [-0.1, -0.05) is 36.4 Å². The molecule has 2 unspecified atom stereocenters. The van der Waals surface area contributed by atoms with Gasteiger partial charge in [0.15, 0.2) is 0 Å². The summed E-state index contributed by atoms with van der Waals surface area (Å²) in [5, 5.41) is 29.1. The Morgan fingerprint density at radius 3 is 2.42 bits per heavy atom. The maximum atomic E-state index is 12.3. The highest BCUT2D eigenvalue weighted by Gasteiger charge is 2.51. The van der Waals surface area contributed by atoms with Gasteiger partial charge in [-0.05, 0) is 12.5 Å². The molecule has 1 heterocycles. The van der Waals surface area contributed by atoms with Gasteiger partial charge < -0.3 is 15.3 Å². The third kappa shape index (κ3) is 3.46. The van der Waals surface area contributed by atoms with Crippen LogP contribution in [0.5, 0.6) is 0 Å². The smallest absolute Gasteiger partial charge is 0.327 e. The van der Waals surface area contributed by atoms with E-state index in [2.05, 4.69) is 0 Å². The summed E-state index contributed by atoms with van der Waals surface area (Å²) in [5.41, 5.74) is -1.14. The number of carbonyl (C=O) groups is 3. The summed E-state index contributed by atoms with van der Waals surface area (Å²) in [5.74, 6) is -3.08. The van der Waals surface area contributed by atoms with Crippen LogP contribution < -0.4 is 0 Å². The van der Waals surface area contributed by atoms with E-state index in [9.17, 15) is 24.6 Å². The highest BCUT2D eigenvalue weighted by atomic mass is 16.4. The van der Waals surface area contributed by atoms with Gasteiger partial charge in [-0.15, -0.1) is 0 Å². The van der Waals surface area contributed by atoms with Gasteiger partial charge in [0.2, 0.25) is 5.91 Å². The lowest BCUT2D eigenvalue weighted by molar-refractivity contribution is -0.147. The molecule has 1 aromatic carbocycles. The number of rotatable bonds is 6. The van der Waals surface area contributed by atoms with E-state index in [4.69, 9.17) is 5.11 Å². The molecule has 1 aliphatic heterocycles. The average Bonchev–Trinajstić information content (AvgIpc) is 2.74. The largest absolute Gasteiger partial charge is 0.481 e. The molecule has 2 rings (SSSR count). The van der Waals surface area contributed by atoms with E-state index >= 15 is 0 Å². The molecular weight excluding hydrogens is 314 g/mol. The minimum Gasteiger partial charge on any atom is -0.481 e. The SMILES string of the molecule is C/C=C1/N(C(Cc2ccccc2)C(=O)O)C(=O)CC1(O)CC(=O)O. The fourth-order valence-corrected chi connectivity index (χ4v) is 3.06. The van der Waals surface area contributed by atoms with Gasteiger partial charge in [-0.2, -0.15) is 0 Å². The van der Waals surface area contributed by atoms with Crippen LogP contribution in [0, 0.1) is 0 Å². The molecule has 0 radical (unpaired) electrons. The van der Waals surface area contributed by atoms with Crippen molar-refractivity contribution in [3.8, 4) is 0 Å². The van der Waals surface area contributed by atoms with Crippen LogP contribution >= 0.6 is 0 Å². The number of carboxylic acid groups (broad SMARTS) is 2. The van der Waals surface area contributed by atoms with Gasteiger partial charge in [0.1, 0.15) is 11.6 Å². The van der Waals surface area contributed by atoms with Crippen LogP contribution in [0.2, 0.25) is 0 Å². The first kappa shape index (κ1) is 17.7. The first-order chi connectivity index (χ1) is 11.3. The van der Waals surface area contributed by atoms with Crippen molar-refractivity contribution < 1.29 is 29.7 Å². The molecule has 0 aromatic heterocycles. The van der Waals surface area contributed by atoms with E-state index in [1.165, 1.54) is 13.0 Å². The summed E-state index contributed by atoms with van der Waals surface area (Å²) >= 11 is 0. The van der Waals surface area contributed by atoms with E-state index in [0.717, 1.165) is 10.5 Å². The molecule has 24 heavy (non-hydrogen) atoms. The normalized spacial score (nSPS) is 23.5. The lowest BCUT2D eigenvalue weighted by Gasteiger charge is -2.29. The summed E-state index contributed by atoms with van der Waals surface area (Å²) in [4.78, 5) is 36.1.